The van der Waals surface area contributed by atoms with Crippen LogP contribution in [0.1, 0.15) is 28.8 Å². The van der Waals surface area contributed by atoms with Crippen LogP contribution < -0.4 is 21.1 Å². The first kappa shape index (κ1) is 19.9. The van der Waals surface area contributed by atoms with Gasteiger partial charge >= 0.3 is 5.91 Å². The fourth-order valence-electron chi connectivity index (χ4n) is 2.65. The Bertz CT molecular complexity index is 1050. The lowest BCUT2D eigenvalue weighted by atomic mass is 10.1. The molecule has 8 heteroatoms. The molecular formula is C21H21N3O5. The summed E-state index contributed by atoms with van der Waals surface area (Å²) in [5.74, 6) is -0.0371. The third-order valence-corrected chi connectivity index (χ3v) is 4.14. The number of rotatable bonds is 7. The van der Waals surface area contributed by atoms with Crippen molar-refractivity contribution in [1.82, 2.24) is 15.4 Å². The summed E-state index contributed by atoms with van der Waals surface area (Å²) in [6, 6.07) is 15.3. The minimum Gasteiger partial charge on any atom is -0.483 e. The highest BCUT2D eigenvalue weighted by Gasteiger charge is 2.13. The summed E-state index contributed by atoms with van der Waals surface area (Å²) in [5, 5.41) is 0. The summed E-state index contributed by atoms with van der Waals surface area (Å²) >= 11 is 0. The molecule has 2 aromatic heterocycles. The number of amides is 2. The number of hydrogen-bond acceptors (Lipinski definition) is 5. The summed E-state index contributed by atoms with van der Waals surface area (Å²) in [6.07, 6.45) is 2.41. The maximum Gasteiger partial charge on any atom is 0.305 e. The van der Waals surface area contributed by atoms with E-state index in [1.807, 2.05) is 25.1 Å². The van der Waals surface area contributed by atoms with Crippen LogP contribution in [-0.4, -0.2) is 23.0 Å². The van der Waals surface area contributed by atoms with Crippen molar-refractivity contribution >= 4 is 11.8 Å². The van der Waals surface area contributed by atoms with Crippen LogP contribution in [0.3, 0.4) is 0 Å². The van der Waals surface area contributed by atoms with Crippen LogP contribution in [0.15, 0.2) is 70.0 Å². The zero-order valence-corrected chi connectivity index (χ0v) is 15.9. The second-order valence-electron chi connectivity index (χ2n) is 6.18. The van der Waals surface area contributed by atoms with Crippen LogP contribution in [0, 0.1) is 0 Å². The lowest BCUT2D eigenvalue weighted by Gasteiger charge is -2.10. The van der Waals surface area contributed by atoms with Crippen LogP contribution in [0.5, 0.6) is 5.75 Å². The van der Waals surface area contributed by atoms with Gasteiger partial charge in [-0.25, -0.2) is 0 Å². The average Bonchev–Trinajstić information content (AvgIpc) is 3.21. The van der Waals surface area contributed by atoms with Gasteiger partial charge in [-0.3, -0.25) is 25.2 Å². The second-order valence-corrected chi connectivity index (χ2v) is 6.18. The van der Waals surface area contributed by atoms with Gasteiger partial charge < -0.3 is 13.7 Å². The molecule has 0 atom stereocenters. The molecule has 29 heavy (non-hydrogen) atoms. The molecular weight excluding hydrogens is 374 g/mol. The molecule has 0 fully saturated rings. The van der Waals surface area contributed by atoms with Gasteiger partial charge in [-0.15, -0.1) is 0 Å². The first-order valence-corrected chi connectivity index (χ1v) is 9.11. The largest absolute Gasteiger partial charge is 0.483 e. The van der Waals surface area contributed by atoms with E-state index in [1.165, 1.54) is 16.7 Å². The number of hydrogen-bond donors (Lipinski definition) is 2. The molecule has 3 rings (SSSR count). The molecule has 0 aliphatic rings. The lowest BCUT2D eigenvalue weighted by Crippen LogP contribution is -2.43. The number of furan rings is 1. The van der Waals surface area contributed by atoms with E-state index in [2.05, 4.69) is 10.9 Å². The van der Waals surface area contributed by atoms with E-state index in [-0.39, 0.29) is 24.5 Å². The number of benzene rings is 1. The molecule has 1 aromatic carbocycles. The van der Waals surface area contributed by atoms with E-state index in [9.17, 15) is 14.4 Å². The van der Waals surface area contributed by atoms with Gasteiger partial charge in [-0.1, -0.05) is 31.2 Å². The monoisotopic (exact) mass is 395 g/mol. The highest BCUT2D eigenvalue weighted by atomic mass is 16.5. The Kier molecular flexibility index (Phi) is 6.47. The lowest BCUT2D eigenvalue weighted by molar-refractivity contribution is -0.123. The number of para-hydroxylation sites is 1. The van der Waals surface area contributed by atoms with Gasteiger partial charge in [-0.2, -0.15) is 0 Å². The molecule has 150 valence electrons. The molecule has 2 amide bonds. The minimum atomic E-state index is -0.612. The van der Waals surface area contributed by atoms with E-state index in [0.717, 1.165) is 12.0 Å². The highest BCUT2D eigenvalue weighted by Crippen LogP contribution is 2.17. The molecule has 0 unspecified atom stereocenters. The molecule has 0 radical (unpaired) electrons. The van der Waals surface area contributed by atoms with E-state index in [0.29, 0.717) is 11.5 Å². The van der Waals surface area contributed by atoms with Crippen molar-refractivity contribution in [3.63, 3.8) is 0 Å². The second kappa shape index (κ2) is 9.41. The van der Waals surface area contributed by atoms with E-state index >= 15 is 0 Å². The number of carbonyl (C=O) groups is 2. The topological polar surface area (TPSA) is 103 Å². The molecule has 2 N–H and O–H groups in total. The minimum absolute atomic E-state index is 0.0153. The van der Waals surface area contributed by atoms with Gasteiger partial charge in [0.1, 0.15) is 11.5 Å². The Morgan fingerprint density at radius 3 is 2.62 bits per heavy atom. The van der Waals surface area contributed by atoms with Gasteiger partial charge in [0.2, 0.25) is 0 Å². The summed E-state index contributed by atoms with van der Waals surface area (Å²) in [4.78, 5) is 35.8. The normalized spacial score (nSPS) is 10.4. The fourth-order valence-corrected chi connectivity index (χ4v) is 2.65. The van der Waals surface area contributed by atoms with Gasteiger partial charge in [0.15, 0.2) is 12.4 Å². The van der Waals surface area contributed by atoms with Crippen molar-refractivity contribution in [2.24, 2.45) is 0 Å². The van der Waals surface area contributed by atoms with Crippen molar-refractivity contribution < 1.29 is 18.7 Å². The number of nitrogens with zero attached hydrogens (tertiary/aromatic N) is 1. The number of pyridine rings is 1. The molecule has 0 aliphatic carbocycles. The maximum atomic E-state index is 12.1. The van der Waals surface area contributed by atoms with Crippen molar-refractivity contribution in [3.8, 4) is 5.75 Å². The Morgan fingerprint density at radius 1 is 1.03 bits per heavy atom. The predicted octanol–water partition coefficient (Wildman–Crippen LogP) is 1.89. The number of aromatic nitrogens is 1. The van der Waals surface area contributed by atoms with Crippen LogP contribution in [0.25, 0.3) is 0 Å². The predicted molar refractivity (Wildman–Crippen MR) is 105 cm³/mol. The molecule has 0 saturated heterocycles. The van der Waals surface area contributed by atoms with Crippen molar-refractivity contribution in [1.29, 1.82) is 0 Å². The van der Waals surface area contributed by atoms with Gasteiger partial charge in [-0.05, 0) is 36.2 Å². The first-order valence-electron chi connectivity index (χ1n) is 9.11. The number of nitrogens with one attached hydrogen (secondary N) is 2. The molecule has 0 aliphatic heterocycles. The third-order valence-electron chi connectivity index (χ3n) is 4.14. The third kappa shape index (κ3) is 5.35. The molecule has 0 bridgehead atoms. The quantitative estimate of drug-likeness (QED) is 0.595. The van der Waals surface area contributed by atoms with Crippen molar-refractivity contribution in [3.05, 3.63) is 88.2 Å². The number of carbonyl (C=O) groups excluding carboxylic acids is 2. The van der Waals surface area contributed by atoms with E-state index in [4.69, 9.17) is 9.15 Å². The van der Waals surface area contributed by atoms with Crippen LogP contribution in [0.2, 0.25) is 0 Å². The maximum absolute atomic E-state index is 12.1. The fraction of sp³-hybridized carbons (Fsp3) is 0.190. The zero-order chi connectivity index (χ0) is 20.6. The van der Waals surface area contributed by atoms with Gasteiger partial charge in [0.05, 0.1) is 6.54 Å². The zero-order valence-electron chi connectivity index (χ0n) is 15.9. The summed E-state index contributed by atoms with van der Waals surface area (Å²) in [5.41, 5.74) is 5.37. The first-order chi connectivity index (χ1) is 14.1. The van der Waals surface area contributed by atoms with Crippen LogP contribution in [0.4, 0.5) is 0 Å². The summed E-state index contributed by atoms with van der Waals surface area (Å²) in [7, 11) is 0. The van der Waals surface area contributed by atoms with Gasteiger partial charge in [0.25, 0.3) is 11.5 Å². The molecule has 3 aromatic rings. The van der Waals surface area contributed by atoms with Crippen LogP contribution >= 0.6 is 0 Å². The van der Waals surface area contributed by atoms with Crippen molar-refractivity contribution in [2.45, 2.75) is 19.9 Å². The number of ether oxygens (including phenoxy) is 1. The summed E-state index contributed by atoms with van der Waals surface area (Å²) < 4.78 is 12.4. The smallest absolute Gasteiger partial charge is 0.305 e. The molecule has 2 heterocycles. The summed E-state index contributed by atoms with van der Waals surface area (Å²) in [6.45, 7) is 1.95. The standard InChI is InChI=1S/C21H21N3O5/c1-2-15-7-3-4-8-17(15)28-14-19(25)22-23-21(27)18-11-10-16(29-18)13-24-12-6-5-9-20(24)26/h3-12H,2,13-14H2,1H3,(H,22,25)(H,23,27). The van der Waals surface area contributed by atoms with E-state index < -0.39 is 11.8 Å². The number of aryl methyl sites for hydroxylation is 1. The Labute approximate surface area is 167 Å². The molecule has 0 saturated carbocycles. The molecule has 0 spiro atoms. The number of hydrazine groups is 1. The van der Waals surface area contributed by atoms with Gasteiger partial charge in [0, 0.05) is 12.3 Å². The average molecular weight is 395 g/mol. The SMILES string of the molecule is CCc1ccccc1OCC(=O)NNC(=O)c1ccc(Cn2ccccc2=O)o1. The van der Waals surface area contributed by atoms with Crippen molar-refractivity contribution in [2.75, 3.05) is 6.61 Å². The Morgan fingerprint density at radius 2 is 1.83 bits per heavy atom. The Hall–Kier alpha value is -3.81. The Balaban J connectivity index is 1.49. The highest BCUT2D eigenvalue weighted by molar-refractivity contribution is 5.93. The molecule has 8 nitrogen and oxygen atoms in total. The van der Waals surface area contributed by atoms with Crippen LogP contribution in [-0.2, 0) is 17.8 Å². The van der Waals surface area contributed by atoms with E-state index in [1.54, 1.807) is 30.5 Å².